The molecule has 0 spiro atoms. The van der Waals surface area contributed by atoms with E-state index in [9.17, 15) is 14.4 Å². The van der Waals surface area contributed by atoms with Gasteiger partial charge in [0.25, 0.3) is 5.56 Å². The zero-order valence-corrected chi connectivity index (χ0v) is 25.5. The largest absolute Gasteiger partial charge is 0.488 e. The van der Waals surface area contributed by atoms with Gasteiger partial charge < -0.3 is 15.0 Å². The molecule has 1 N–H and O–H groups in total. The van der Waals surface area contributed by atoms with Gasteiger partial charge in [0.2, 0.25) is 5.91 Å². The van der Waals surface area contributed by atoms with Crippen LogP contribution in [0.25, 0.3) is 0 Å². The zero-order valence-electron chi connectivity index (χ0n) is 25.5. The molecule has 2 aromatic rings. The first-order chi connectivity index (χ1) is 18.9. The van der Waals surface area contributed by atoms with Crippen molar-refractivity contribution in [2.45, 2.75) is 98.3 Å². The Balaban J connectivity index is 1.53. The van der Waals surface area contributed by atoms with Crippen molar-refractivity contribution in [3.05, 3.63) is 51.2 Å². The van der Waals surface area contributed by atoms with Crippen LogP contribution in [0, 0.1) is 0 Å². The number of nitrogens with zero attached hydrogens (tertiary/aromatic N) is 4. The van der Waals surface area contributed by atoms with Gasteiger partial charge in [-0.2, -0.15) is 0 Å². The van der Waals surface area contributed by atoms with E-state index in [1.807, 2.05) is 52.0 Å². The van der Waals surface area contributed by atoms with Gasteiger partial charge in [-0.15, -0.1) is 0 Å². The highest BCUT2D eigenvalue weighted by Gasteiger charge is 2.26. The first kappa shape index (κ1) is 31.5. The van der Waals surface area contributed by atoms with Crippen molar-refractivity contribution in [2.24, 2.45) is 0 Å². The molecule has 0 unspecified atom stereocenters. The lowest BCUT2D eigenvalue weighted by molar-refractivity contribution is -0.116. The fraction of sp³-hybridized carbons (Fsp3) is 0.645. The van der Waals surface area contributed by atoms with Crippen molar-refractivity contribution >= 4 is 17.4 Å². The number of benzene rings is 1. The molecule has 0 atom stereocenters. The molecule has 0 radical (unpaired) electrons. The molecule has 3 rings (SSSR count). The van der Waals surface area contributed by atoms with Crippen LogP contribution in [0.3, 0.4) is 0 Å². The Bertz CT molecular complexity index is 1220. The zero-order chi connectivity index (χ0) is 29.4. The molecule has 1 saturated heterocycles. The van der Waals surface area contributed by atoms with Crippen LogP contribution >= 0.6 is 0 Å². The van der Waals surface area contributed by atoms with Crippen LogP contribution in [0.5, 0.6) is 5.75 Å². The first-order valence-electron chi connectivity index (χ1n) is 14.9. The van der Waals surface area contributed by atoms with Gasteiger partial charge in [0.15, 0.2) is 0 Å². The lowest BCUT2D eigenvalue weighted by atomic mass is 10.0. The Morgan fingerprint density at radius 2 is 1.57 bits per heavy atom. The SMILES string of the molecule is CCCCCC(=O)Nc1ccc(OC(C)(C)CCN2CCN(c3cc(=O)n(C(C)C)c(=O)n3C(C)C)CC2)cc1. The molecular formula is C31H49N5O4. The summed E-state index contributed by atoms with van der Waals surface area (Å²) < 4.78 is 9.38. The summed E-state index contributed by atoms with van der Waals surface area (Å²) in [5.41, 5.74) is -0.0533. The Kier molecular flexibility index (Phi) is 11.0. The standard InChI is InChI=1S/C31H49N5O4/c1-8-9-10-11-27(37)32-25-12-14-26(15-13-25)40-31(6,7)16-17-33-18-20-34(21-19-33)28-22-29(38)36(24(4)5)30(39)35(28)23(2)3/h12-15,22-24H,8-11,16-21H2,1-7H3,(H,32,37). The van der Waals surface area contributed by atoms with E-state index >= 15 is 0 Å². The average molecular weight is 556 g/mol. The third-order valence-corrected chi connectivity index (χ3v) is 7.45. The highest BCUT2D eigenvalue weighted by Crippen LogP contribution is 2.24. The number of unbranched alkanes of at least 4 members (excludes halogenated alkanes) is 2. The van der Waals surface area contributed by atoms with E-state index in [0.29, 0.717) is 12.2 Å². The number of hydrogen-bond acceptors (Lipinski definition) is 6. The smallest absolute Gasteiger partial charge is 0.333 e. The number of piperazine rings is 1. The number of amides is 1. The Hall–Kier alpha value is -3.07. The monoisotopic (exact) mass is 555 g/mol. The molecule has 1 aromatic carbocycles. The maximum atomic E-state index is 13.1. The molecule has 9 heteroatoms. The second-order valence-corrected chi connectivity index (χ2v) is 12.0. The molecule has 2 heterocycles. The number of carbonyl (C=O) groups is 1. The second-order valence-electron chi connectivity index (χ2n) is 12.0. The van der Waals surface area contributed by atoms with Crippen LogP contribution in [-0.4, -0.2) is 58.3 Å². The third-order valence-electron chi connectivity index (χ3n) is 7.45. The first-order valence-corrected chi connectivity index (χ1v) is 14.9. The van der Waals surface area contributed by atoms with E-state index in [-0.39, 0.29) is 34.8 Å². The van der Waals surface area contributed by atoms with Crippen LogP contribution in [0.2, 0.25) is 0 Å². The molecule has 0 saturated carbocycles. The van der Waals surface area contributed by atoms with Crippen LogP contribution in [0.15, 0.2) is 39.9 Å². The summed E-state index contributed by atoms with van der Waals surface area (Å²) in [5, 5.41) is 2.96. The van der Waals surface area contributed by atoms with Crippen molar-refractivity contribution in [3.63, 3.8) is 0 Å². The van der Waals surface area contributed by atoms with Crippen molar-refractivity contribution in [1.29, 1.82) is 0 Å². The number of nitrogens with one attached hydrogen (secondary N) is 1. The molecule has 1 fully saturated rings. The lowest BCUT2D eigenvalue weighted by Crippen LogP contribution is -2.51. The Labute approximate surface area is 239 Å². The quantitative estimate of drug-likeness (QED) is 0.348. The predicted octanol–water partition coefficient (Wildman–Crippen LogP) is 5.06. The van der Waals surface area contributed by atoms with Gasteiger partial charge in [-0.25, -0.2) is 4.79 Å². The molecular weight excluding hydrogens is 506 g/mol. The fourth-order valence-electron chi connectivity index (χ4n) is 5.13. The topological polar surface area (TPSA) is 88.8 Å². The summed E-state index contributed by atoms with van der Waals surface area (Å²) in [6.45, 7) is 18.1. The highest BCUT2D eigenvalue weighted by molar-refractivity contribution is 5.90. The van der Waals surface area contributed by atoms with Crippen molar-refractivity contribution in [1.82, 2.24) is 14.0 Å². The van der Waals surface area contributed by atoms with E-state index in [4.69, 9.17) is 4.74 Å². The van der Waals surface area contributed by atoms with E-state index in [2.05, 4.69) is 35.9 Å². The minimum Gasteiger partial charge on any atom is -0.488 e. The van der Waals surface area contributed by atoms with Crippen LogP contribution in [0.1, 0.15) is 92.7 Å². The number of rotatable bonds is 13. The van der Waals surface area contributed by atoms with E-state index in [1.165, 1.54) is 4.57 Å². The summed E-state index contributed by atoms with van der Waals surface area (Å²) in [6.07, 6.45) is 4.48. The van der Waals surface area contributed by atoms with Gasteiger partial charge in [0, 0.05) is 63.0 Å². The maximum absolute atomic E-state index is 13.1. The molecule has 1 aromatic heterocycles. The van der Waals surface area contributed by atoms with Crippen LogP contribution < -0.4 is 26.2 Å². The number of hydrogen-bond donors (Lipinski definition) is 1. The summed E-state index contributed by atoms with van der Waals surface area (Å²) in [4.78, 5) is 42.5. The van der Waals surface area contributed by atoms with Gasteiger partial charge in [-0.05, 0) is 78.6 Å². The van der Waals surface area contributed by atoms with E-state index in [0.717, 1.165) is 69.8 Å². The third kappa shape index (κ3) is 8.46. The Morgan fingerprint density at radius 3 is 2.15 bits per heavy atom. The van der Waals surface area contributed by atoms with Gasteiger partial charge in [0.05, 0.1) is 0 Å². The lowest BCUT2D eigenvalue weighted by Gasteiger charge is -2.38. The minimum atomic E-state index is -0.360. The normalized spacial score (nSPS) is 14.7. The summed E-state index contributed by atoms with van der Waals surface area (Å²) in [7, 11) is 0. The van der Waals surface area contributed by atoms with Gasteiger partial charge >= 0.3 is 5.69 Å². The number of ether oxygens (including phenoxy) is 1. The highest BCUT2D eigenvalue weighted by atomic mass is 16.5. The van der Waals surface area contributed by atoms with Crippen LogP contribution in [-0.2, 0) is 4.79 Å². The Morgan fingerprint density at radius 1 is 0.950 bits per heavy atom. The summed E-state index contributed by atoms with van der Waals surface area (Å²) in [5.74, 6) is 1.54. The van der Waals surface area contributed by atoms with Crippen molar-refractivity contribution < 1.29 is 9.53 Å². The predicted molar refractivity (Wildman–Crippen MR) is 163 cm³/mol. The van der Waals surface area contributed by atoms with E-state index in [1.54, 1.807) is 10.6 Å². The summed E-state index contributed by atoms with van der Waals surface area (Å²) >= 11 is 0. The average Bonchev–Trinajstić information content (AvgIpc) is 2.88. The maximum Gasteiger partial charge on any atom is 0.333 e. The van der Waals surface area contributed by atoms with Crippen molar-refractivity contribution in [3.8, 4) is 5.75 Å². The molecule has 1 aliphatic rings. The molecule has 9 nitrogen and oxygen atoms in total. The minimum absolute atomic E-state index is 0.0415. The molecule has 222 valence electrons. The molecule has 1 amide bonds. The van der Waals surface area contributed by atoms with Crippen LogP contribution in [0.4, 0.5) is 11.5 Å². The number of aromatic nitrogens is 2. The second kappa shape index (κ2) is 14.0. The molecule has 0 bridgehead atoms. The molecule has 0 aliphatic carbocycles. The summed E-state index contributed by atoms with van der Waals surface area (Å²) in [6, 6.07) is 8.99. The number of carbonyl (C=O) groups excluding carboxylic acids is 1. The van der Waals surface area contributed by atoms with Gasteiger partial charge in [-0.3, -0.25) is 23.6 Å². The molecule has 1 aliphatic heterocycles. The van der Waals surface area contributed by atoms with Crippen molar-refractivity contribution in [2.75, 3.05) is 42.9 Å². The van der Waals surface area contributed by atoms with Gasteiger partial charge in [0.1, 0.15) is 17.2 Å². The molecule has 40 heavy (non-hydrogen) atoms. The van der Waals surface area contributed by atoms with Gasteiger partial charge in [-0.1, -0.05) is 19.8 Å². The fourth-order valence-corrected chi connectivity index (χ4v) is 5.13. The number of anilines is 2. The van der Waals surface area contributed by atoms with E-state index < -0.39 is 0 Å².